The Kier molecular flexibility index (Phi) is 4.50. The first-order chi connectivity index (χ1) is 8.44. The van der Waals surface area contributed by atoms with Crippen molar-refractivity contribution in [1.82, 2.24) is 9.80 Å². The van der Waals surface area contributed by atoms with Crippen LogP contribution in [0.15, 0.2) is 0 Å². The lowest BCUT2D eigenvalue weighted by atomic mass is 9.91. The molecule has 2 fully saturated rings. The minimum Gasteiger partial charge on any atom is -0.393 e. The minimum absolute atomic E-state index is 0.225. The van der Waals surface area contributed by atoms with E-state index >= 15 is 0 Å². The van der Waals surface area contributed by atoms with Gasteiger partial charge in [-0.3, -0.25) is 9.80 Å². The fraction of sp³-hybridized carbons (Fsp3) is 1.00. The molecule has 1 aliphatic heterocycles. The molecule has 0 aromatic heterocycles. The molecule has 0 spiro atoms. The van der Waals surface area contributed by atoms with Crippen molar-refractivity contribution >= 4 is 0 Å². The predicted molar refractivity (Wildman–Crippen MR) is 62.3 cm³/mol. The van der Waals surface area contributed by atoms with Crippen molar-refractivity contribution in [2.24, 2.45) is 0 Å². The lowest BCUT2D eigenvalue weighted by Gasteiger charge is -2.41. The average Bonchev–Trinajstić information content (AvgIpc) is 2.28. The van der Waals surface area contributed by atoms with Crippen LogP contribution in [0.3, 0.4) is 0 Å². The normalized spacial score (nSPS) is 32.7. The monoisotopic (exact) mass is 266 g/mol. The molecule has 2 atom stereocenters. The molecule has 0 aromatic rings. The van der Waals surface area contributed by atoms with Crippen LogP contribution in [0, 0.1) is 0 Å². The molecule has 0 bridgehead atoms. The van der Waals surface area contributed by atoms with Crippen molar-refractivity contribution in [3.63, 3.8) is 0 Å². The van der Waals surface area contributed by atoms with Crippen LogP contribution in [0.5, 0.6) is 0 Å². The minimum atomic E-state index is -4.09. The second-order valence-corrected chi connectivity index (χ2v) is 5.40. The topological polar surface area (TPSA) is 26.7 Å². The molecule has 18 heavy (non-hydrogen) atoms. The third kappa shape index (κ3) is 4.10. The SMILES string of the molecule is OC1CCCC(N2CCN(CC(F)(F)F)CC2)C1. The molecule has 2 aliphatic rings. The van der Waals surface area contributed by atoms with Crippen molar-refractivity contribution in [1.29, 1.82) is 0 Å². The van der Waals surface area contributed by atoms with Crippen LogP contribution in [0.1, 0.15) is 25.7 Å². The van der Waals surface area contributed by atoms with Crippen molar-refractivity contribution in [3.8, 4) is 0 Å². The van der Waals surface area contributed by atoms with Gasteiger partial charge in [-0.25, -0.2) is 0 Å². The van der Waals surface area contributed by atoms with E-state index < -0.39 is 12.7 Å². The second-order valence-electron chi connectivity index (χ2n) is 5.40. The number of aliphatic hydroxyl groups excluding tert-OH is 1. The van der Waals surface area contributed by atoms with Gasteiger partial charge in [0, 0.05) is 32.2 Å². The van der Waals surface area contributed by atoms with Gasteiger partial charge in [-0.2, -0.15) is 13.2 Å². The quantitative estimate of drug-likeness (QED) is 0.820. The number of hydrogen-bond acceptors (Lipinski definition) is 3. The maximum atomic E-state index is 12.3. The van der Waals surface area contributed by atoms with Gasteiger partial charge in [0.1, 0.15) is 0 Å². The average molecular weight is 266 g/mol. The van der Waals surface area contributed by atoms with Crippen molar-refractivity contribution in [2.75, 3.05) is 32.7 Å². The lowest BCUT2D eigenvalue weighted by Crippen LogP contribution is -2.53. The summed E-state index contributed by atoms with van der Waals surface area (Å²) < 4.78 is 36.8. The number of aliphatic hydroxyl groups is 1. The fourth-order valence-electron chi connectivity index (χ4n) is 3.01. The van der Waals surface area contributed by atoms with E-state index in [1.807, 2.05) is 0 Å². The Morgan fingerprint density at radius 3 is 2.28 bits per heavy atom. The van der Waals surface area contributed by atoms with Gasteiger partial charge in [0.2, 0.25) is 0 Å². The molecule has 1 heterocycles. The van der Waals surface area contributed by atoms with E-state index in [1.165, 1.54) is 4.90 Å². The number of halogens is 3. The Morgan fingerprint density at radius 2 is 1.72 bits per heavy atom. The molecule has 6 heteroatoms. The summed E-state index contributed by atoms with van der Waals surface area (Å²) in [6, 6.07) is 0.363. The zero-order chi connectivity index (χ0) is 13.2. The molecule has 106 valence electrons. The van der Waals surface area contributed by atoms with Crippen molar-refractivity contribution in [2.45, 2.75) is 44.0 Å². The summed E-state index contributed by atoms with van der Waals surface area (Å²) in [5, 5.41) is 9.63. The molecular formula is C12H21F3N2O. The van der Waals surface area contributed by atoms with Gasteiger partial charge in [0.25, 0.3) is 0 Å². The molecule has 1 aliphatic carbocycles. The van der Waals surface area contributed by atoms with Crippen LogP contribution in [0.4, 0.5) is 13.2 Å². The Bertz CT molecular complexity index is 265. The first kappa shape index (κ1) is 14.1. The third-order valence-electron chi connectivity index (χ3n) is 3.95. The predicted octanol–water partition coefficient (Wildman–Crippen LogP) is 1.47. The number of rotatable bonds is 2. The molecule has 2 rings (SSSR count). The largest absolute Gasteiger partial charge is 0.401 e. The van der Waals surface area contributed by atoms with Gasteiger partial charge in [0.05, 0.1) is 12.6 Å². The van der Waals surface area contributed by atoms with E-state index in [9.17, 15) is 18.3 Å². The van der Waals surface area contributed by atoms with E-state index in [1.54, 1.807) is 0 Å². The molecular weight excluding hydrogens is 245 g/mol. The van der Waals surface area contributed by atoms with Gasteiger partial charge in [0.15, 0.2) is 0 Å². The smallest absolute Gasteiger partial charge is 0.393 e. The summed E-state index contributed by atoms with van der Waals surface area (Å²) in [6.45, 7) is 1.53. The van der Waals surface area contributed by atoms with E-state index in [2.05, 4.69) is 4.90 Å². The van der Waals surface area contributed by atoms with E-state index in [4.69, 9.17) is 0 Å². The van der Waals surface area contributed by atoms with Crippen molar-refractivity contribution in [3.05, 3.63) is 0 Å². The van der Waals surface area contributed by atoms with Crippen LogP contribution in [-0.2, 0) is 0 Å². The van der Waals surface area contributed by atoms with Crippen LogP contribution in [0.2, 0.25) is 0 Å². The highest BCUT2D eigenvalue weighted by Gasteiger charge is 2.34. The first-order valence-corrected chi connectivity index (χ1v) is 6.65. The highest BCUT2D eigenvalue weighted by Crippen LogP contribution is 2.25. The molecule has 0 aromatic carbocycles. The van der Waals surface area contributed by atoms with Gasteiger partial charge in [-0.05, 0) is 25.7 Å². The Labute approximate surface area is 106 Å². The number of nitrogens with zero attached hydrogens (tertiary/aromatic N) is 2. The molecule has 3 nitrogen and oxygen atoms in total. The van der Waals surface area contributed by atoms with Gasteiger partial charge < -0.3 is 5.11 Å². The van der Waals surface area contributed by atoms with Gasteiger partial charge in [-0.1, -0.05) is 0 Å². The van der Waals surface area contributed by atoms with Crippen LogP contribution < -0.4 is 0 Å². The first-order valence-electron chi connectivity index (χ1n) is 6.65. The molecule has 0 radical (unpaired) electrons. The summed E-state index contributed by atoms with van der Waals surface area (Å²) >= 11 is 0. The number of hydrogen-bond donors (Lipinski definition) is 1. The maximum Gasteiger partial charge on any atom is 0.401 e. The van der Waals surface area contributed by atoms with E-state index in [0.717, 1.165) is 25.7 Å². The zero-order valence-corrected chi connectivity index (χ0v) is 10.5. The van der Waals surface area contributed by atoms with E-state index in [0.29, 0.717) is 32.2 Å². The number of alkyl halides is 3. The Hall–Kier alpha value is -0.330. The highest BCUT2D eigenvalue weighted by molar-refractivity contribution is 4.84. The maximum absolute atomic E-state index is 12.3. The summed E-state index contributed by atoms with van der Waals surface area (Å²) in [5.74, 6) is 0. The van der Waals surface area contributed by atoms with Crippen LogP contribution in [0.25, 0.3) is 0 Å². The van der Waals surface area contributed by atoms with E-state index in [-0.39, 0.29) is 6.10 Å². The lowest BCUT2D eigenvalue weighted by molar-refractivity contribution is -0.150. The standard InChI is InChI=1S/C12H21F3N2O/c13-12(14,15)9-16-4-6-17(7-5-16)10-2-1-3-11(18)8-10/h10-11,18H,1-9H2. The summed E-state index contributed by atoms with van der Waals surface area (Å²) in [6.07, 6.45) is -0.588. The Morgan fingerprint density at radius 1 is 1.06 bits per heavy atom. The van der Waals surface area contributed by atoms with Crippen LogP contribution >= 0.6 is 0 Å². The summed E-state index contributed by atoms with van der Waals surface area (Å²) in [4.78, 5) is 3.71. The number of piperazine rings is 1. The van der Waals surface area contributed by atoms with Gasteiger partial charge in [-0.15, -0.1) is 0 Å². The molecule has 1 saturated heterocycles. The molecule has 0 amide bonds. The third-order valence-corrected chi connectivity index (χ3v) is 3.95. The van der Waals surface area contributed by atoms with Crippen LogP contribution in [-0.4, -0.2) is 66.0 Å². The second kappa shape index (κ2) is 5.75. The summed E-state index contributed by atoms with van der Waals surface area (Å²) in [5.41, 5.74) is 0. The fourth-order valence-corrected chi connectivity index (χ4v) is 3.01. The van der Waals surface area contributed by atoms with Gasteiger partial charge >= 0.3 is 6.18 Å². The zero-order valence-electron chi connectivity index (χ0n) is 10.5. The molecule has 1 N–H and O–H groups in total. The molecule has 2 unspecified atom stereocenters. The highest BCUT2D eigenvalue weighted by atomic mass is 19.4. The summed E-state index contributed by atoms with van der Waals surface area (Å²) in [7, 11) is 0. The molecule has 1 saturated carbocycles. The Balaban J connectivity index is 1.76. The van der Waals surface area contributed by atoms with Crippen molar-refractivity contribution < 1.29 is 18.3 Å².